The Morgan fingerprint density at radius 1 is 1.07 bits per heavy atom. The summed E-state index contributed by atoms with van der Waals surface area (Å²) < 4.78 is 5.09. The van der Waals surface area contributed by atoms with E-state index in [9.17, 15) is 10.1 Å². The predicted octanol–water partition coefficient (Wildman–Crippen LogP) is 5.11. The zero-order chi connectivity index (χ0) is 20.4. The van der Waals surface area contributed by atoms with Gasteiger partial charge in [-0.1, -0.05) is 54.6 Å². The van der Waals surface area contributed by atoms with Crippen molar-refractivity contribution >= 4 is 17.1 Å². The molecule has 7 heteroatoms. The fourth-order valence-electron chi connectivity index (χ4n) is 3.74. The largest absolute Gasteiger partial charge is 0.496 e. The number of fused-ring (bicyclic) bond motifs is 1. The number of likely N-dealkylation sites (N-methyl/N-ethyl adjacent to an activating group) is 1. The molecular formula is C22H20N4O3. The van der Waals surface area contributed by atoms with Gasteiger partial charge in [0.2, 0.25) is 0 Å². The minimum Gasteiger partial charge on any atom is -0.496 e. The van der Waals surface area contributed by atoms with Crippen molar-refractivity contribution < 1.29 is 9.66 Å². The number of nitrogens with zero attached hydrogens (tertiary/aromatic N) is 4. The summed E-state index contributed by atoms with van der Waals surface area (Å²) in [6.07, 6.45) is 8.24. The van der Waals surface area contributed by atoms with Gasteiger partial charge in [-0.3, -0.25) is 10.1 Å². The minimum atomic E-state index is -0.476. The first-order chi connectivity index (χ1) is 14.1. The first-order valence-electron chi connectivity index (χ1n) is 9.21. The molecule has 1 aliphatic heterocycles. The van der Waals surface area contributed by atoms with Gasteiger partial charge in [0, 0.05) is 13.0 Å². The van der Waals surface area contributed by atoms with Crippen molar-refractivity contribution in [3.05, 3.63) is 94.2 Å². The van der Waals surface area contributed by atoms with Gasteiger partial charge in [0.1, 0.15) is 5.75 Å². The van der Waals surface area contributed by atoms with Gasteiger partial charge in [0.15, 0.2) is 5.69 Å². The summed E-state index contributed by atoms with van der Waals surface area (Å²) in [6, 6.07) is 14.7. The molecule has 0 aromatic heterocycles. The van der Waals surface area contributed by atoms with Crippen LogP contribution < -0.4 is 4.74 Å². The molecule has 7 nitrogen and oxygen atoms in total. The molecule has 1 aliphatic carbocycles. The van der Waals surface area contributed by atoms with E-state index in [1.54, 1.807) is 12.1 Å². The van der Waals surface area contributed by atoms with Crippen LogP contribution in [0.4, 0.5) is 11.4 Å². The average Bonchev–Trinajstić information content (AvgIpc) is 3.04. The van der Waals surface area contributed by atoms with Gasteiger partial charge in [-0.2, -0.15) is 5.11 Å². The van der Waals surface area contributed by atoms with E-state index >= 15 is 0 Å². The number of hydrogen-bond acceptors (Lipinski definition) is 6. The highest BCUT2D eigenvalue weighted by molar-refractivity contribution is 5.72. The van der Waals surface area contributed by atoms with Crippen LogP contribution in [0, 0.1) is 16.0 Å². The monoisotopic (exact) mass is 388 g/mol. The Hall–Kier alpha value is -3.74. The summed E-state index contributed by atoms with van der Waals surface area (Å²) in [7, 11) is 3.50. The van der Waals surface area contributed by atoms with E-state index in [0.717, 1.165) is 17.0 Å². The van der Waals surface area contributed by atoms with Crippen LogP contribution in [-0.4, -0.2) is 30.0 Å². The lowest BCUT2D eigenvalue weighted by molar-refractivity contribution is -0.384. The topological polar surface area (TPSA) is 80.3 Å². The number of ether oxygens (including phenoxy) is 1. The zero-order valence-electron chi connectivity index (χ0n) is 16.1. The van der Waals surface area contributed by atoms with Crippen molar-refractivity contribution in [2.75, 3.05) is 14.2 Å². The summed E-state index contributed by atoms with van der Waals surface area (Å²) >= 11 is 0. The third-order valence-corrected chi connectivity index (χ3v) is 5.16. The average molecular weight is 388 g/mol. The Bertz CT molecular complexity index is 1060. The van der Waals surface area contributed by atoms with Crippen LogP contribution in [0.25, 0.3) is 5.70 Å². The maximum Gasteiger partial charge on any atom is 0.300 e. The quantitative estimate of drug-likeness (QED) is 0.405. The SMILES string of the molecule is COc1ccc(N=NC2=C(c3ccccc3)N(C)C3C=CC=CC23)c([N+](=O)[O-])c1. The molecule has 146 valence electrons. The number of methoxy groups -OCH3 is 1. The molecule has 0 radical (unpaired) electrons. The van der Waals surface area contributed by atoms with Gasteiger partial charge in [0.05, 0.1) is 35.5 Å². The van der Waals surface area contributed by atoms with Crippen molar-refractivity contribution in [2.24, 2.45) is 16.1 Å². The van der Waals surface area contributed by atoms with Crippen molar-refractivity contribution in [3.8, 4) is 5.75 Å². The third-order valence-electron chi connectivity index (χ3n) is 5.16. The van der Waals surface area contributed by atoms with Crippen molar-refractivity contribution in [2.45, 2.75) is 6.04 Å². The number of azo groups is 1. The normalized spacial score (nSPS) is 20.4. The van der Waals surface area contributed by atoms with Gasteiger partial charge in [0.25, 0.3) is 5.69 Å². The lowest BCUT2D eigenvalue weighted by Gasteiger charge is -2.26. The van der Waals surface area contributed by atoms with Crippen LogP contribution in [0.2, 0.25) is 0 Å². The summed E-state index contributed by atoms with van der Waals surface area (Å²) in [5.41, 5.74) is 2.84. The fourth-order valence-corrected chi connectivity index (χ4v) is 3.74. The predicted molar refractivity (Wildman–Crippen MR) is 111 cm³/mol. The lowest BCUT2D eigenvalue weighted by atomic mass is 9.94. The van der Waals surface area contributed by atoms with Gasteiger partial charge in [-0.15, -0.1) is 5.11 Å². The molecule has 4 rings (SSSR count). The highest BCUT2D eigenvalue weighted by Crippen LogP contribution is 2.43. The minimum absolute atomic E-state index is 0.0289. The molecule has 0 bridgehead atoms. The molecule has 2 unspecified atom stereocenters. The molecule has 2 aromatic rings. The number of nitro benzene ring substituents is 1. The summed E-state index contributed by atoms with van der Waals surface area (Å²) in [6.45, 7) is 0. The standard InChI is InChI=1S/C22H20N4O3/c1-25-19-11-7-6-10-17(19)21(22(25)15-8-4-3-5-9-15)24-23-18-13-12-16(29-2)14-20(18)26(27)28/h3-14,17,19H,1-2H3. The fraction of sp³-hybridized carbons (Fsp3) is 0.182. The first-order valence-corrected chi connectivity index (χ1v) is 9.21. The molecule has 2 atom stereocenters. The lowest BCUT2D eigenvalue weighted by Crippen LogP contribution is -2.28. The number of hydrogen-bond donors (Lipinski definition) is 0. The zero-order valence-corrected chi connectivity index (χ0v) is 16.1. The van der Waals surface area contributed by atoms with Gasteiger partial charge < -0.3 is 9.64 Å². The molecule has 0 N–H and O–H groups in total. The van der Waals surface area contributed by atoms with Crippen LogP contribution in [0.1, 0.15) is 5.56 Å². The van der Waals surface area contributed by atoms with E-state index < -0.39 is 4.92 Å². The number of benzene rings is 2. The van der Waals surface area contributed by atoms with E-state index in [1.165, 1.54) is 13.2 Å². The van der Waals surface area contributed by atoms with E-state index in [2.05, 4.69) is 27.3 Å². The molecule has 0 spiro atoms. The van der Waals surface area contributed by atoms with Gasteiger partial charge >= 0.3 is 0 Å². The molecule has 0 fully saturated rings. The molecule has 1 heterocycles. The number of nitro groups is 1. The van der Waals surface area contributed by atoms with Gasteiger partial charge in [-0.05, 0) is 17.7 Å². The maximum absolute atomic E-state index is 11.5. The van der Waals surface area contributed by atoms with Gasteiger partial charge in [-0.25, -0.2) is 0 Å². The molecule has 29 heavy (non-hydrogen) atoms. The Morgan fingerprint density at radius 3 is 2.55 bits per heavy atom. The van der Waals surface area contributed by atoms with Crippen molar-refractivity contribution in [1.82, 2.24) is 4.90 Å². The summed E-state index contributed by atoms with van der Waals surface area (Å²) in [5.74, 6) is 0.433. The molecule has 0 amide bonds. The molecule has 2 aliphatic rings. The molecule has 0 saturated heterocycles. The Kier molecular flexibility index (Phi) is 4.95. The molecular weight excluding hydrogens is 368 g/mol. The molecule has 2 aromatic carbocycles. The number of rotatable bonds is 5. The Labute approximate surface area is 168 Å². The maximum atomic E-state index is 11.5. The second kappa shape index (κ2) is 7.71. The van der Waals surface area contributed by atoms with Crippen LogP contribution >= 0.6 is 0 Å². The number of allylic oxidation sites excluding steroid dienone is 2. The summed E-state index contributed by atoms with van der Waals surface area (Å²) in [4.78, 5) is 13.2. The van der Waals surface area contributed by atoms with Crippen molar-refractivity contribution in [1.29, 1.82) is 0 Å². The second-order valence-corrected chi connectivity index (χ2v) is 6.81. The highest BCUT2D eigenvalue weighted by atomic mass is 16.6. The molecule has 0 saturated carbocycles. The van der Waals surface area contributed by atoms with Crippen LogP contribution in [0.5, 0.6) is 5.75 Å². The van der Waals surface area contributed by atoms with Crippen LogP contribution in [0.15, 0.2) is 88.8 Å². The Morgan fingerprint density at radius 2 is 1.83 bits per heavy atom. The van der Waals surface area contributed by atoms with Crippen molar-refractivity contribution in [3.63, 3.8) is 0 Å². The third kappa shape index (κ3) is 3.42. The van der Waals surface area contributed by atoms with E-state index in [4.69, 9.17) is 4.74 Å². The van der Waals surface area contributed by atoms with E-state index in [1.807, 2.05) is 49.5 Å². The van der Waals surface area contributed by atoms with Crippen LogP contribution in [0.3, 0.4) is 0 Å². The smallest absolute Gasteiger partial charge is 0.300 e. The second-order valence-electron chi connectivity index (χ2n) is 6.81. The van der Waals surface area contributed by atoms with E-state index in [-0.39, 0.29) is 23.3 Å². The Balaban J connectivity index is 1.81. The first kappa shape index (κ1) is 18.6. The highest BCUT2D eigenvalue weighted by Gasteiger charge is 2.37. The van der Waals surface area contributed by atoms with E-state index in [0.29, 0.717) is 5.75 Å². The van der Waals surface area contributed by atoms with Crippen LogP contribution in [-0.2, 0) is 0 Å². The summed E-state index contributed by atoms with van der Waals surface area (Å²) in [5, 5.41) is 20.2.